The normalized spacial score (nSPS) is 10.8. The summed E-state index contributed by atoms with van der Waals surface area (Å²) in [6.45, 7) is 0. The average Bonchev–Trinajstić information content (AvgIpc) is 2.70. The molecule has 1 amide bonds. The predicted octanol–water partition coefficient (Wildman–Crippen LogP) is 5.82. The summed E-state index contributed by atoms with van der Waals surface area (Å²) in [6, 6.07) is 21.9. The molecule has 0 aliphatic heterocycles. The van der Waals surface area contributed by atoms with E-state index in [4.69, 9.17) is 16.3 Å². The number of ether oxygens (including phenoxy) is 1. The summed E-state index contributed by atoms with van der Waals surface area (Å²) in [5.74, 6) is 0.0310. The molecule has 28 heavy (non-hydrogen) atoms. The number of benzene rings is 3. The van der Waals surface area contributed by atoms with E-state index >= 15 is 0 Å². The predicted molar refractivity (Wildman–Crippen MR) is 107 cm³/mol. The van der Waals surface area contributed by atoms with E-state index in [1.54, 1.807) is 24.3 Å². The first-order chi connectivity index (χ1) is 13.5. The van der Waals surface area contributed by atoms with Crippen LogP contribution in [0.2, 0.25) is 5.02 Å². The van der Waals surface area contributed by atoms with Crippen molar-refractivity contribution in [1.29, 1.82) is 5.26 Å². The van der Waals surface area contributed by atoms with Crippen LogP contribution in [0.15, 0.2) is 78.4 Å². The molecule has 0 radical (unpaired) electrons. The van der Waals surface area contributed by atoms with Crippen LogP contribution in [0.4, 0.5) is 10.1 Å². The summed E-state index contributed by atoms with van der Waals surface area (Å²) in [6.07, 6.45) is 1.44. The van der Waals surface area contributed by atoms with Gasteiger partial charge in [-0.1, -0.05) is 41.9 Å². The number of amides is 1. The molecule has 0 aromatic heterocycles. The van der Waals surface area contributed by atoms with Crippen molar-refractivity contribution in [2.75, 3.05) is 5.32 Å². The van der Waals surface area contributed by atoms with Crippen LogP contribution in [0.25, 0.3) is 6.08 Å². The van der Waals surface area contributed by atoms with Crippen LogP contribution in [0.5, 0.6) is 11.5 Å². The first-order valence-electron chi connectivity index (χ1n) is 8.26. The van der Waals surface area contributed by atoms with E-state index in [1.165, 1.54) is 18.2 Å². The lowest BCUT2D eigenvalue weighted by molar-refractivity contribution is -0.112. The van der Waals surface area contributed by atoms with E-state index in [-0.39, 0.29) is 10.6 Å². The zero-order valence-electron chi connectivity index (χ0n) is 14.5. The third-order valence-electron chi connectivity index (χ3n) is 3.69. The molecule has 0 spiro atoms. The molecule has 0 saturated heterocycles. The Hall–Kier alpha value is -3.62. The van der Waals surface area contributed by atoms with Gasteiger partial charge in [-0.3, -0.25) is 4.79 Å². The Morgan fingerprint density at radius 3 is 2.50 bits per heavy atom. The van der Waals surface area contributed by atoms with Crippen LogP contribution in [0.3, 0.4) is 0 Å². The lowest BCUT2D eigenvalue weighted by atomic mass is 10.1. The summed E-state index contributed by atoms with van der Waals surface area (Å²) in [7, 11) is 0. The monoisotopic (exact) mass is 392 g/mol. The molecule has 138 valence electrons. The first kappa shape index (κ1) is 19.2. The Morgan fingerprint density at radius 2 is 1.79 bits per heavy atom. The number of anilines is 1. The van der Waals surface area contributed by atoms with E-state index in [2.05, 4.69) is 5.32 Å². The summed E-state index contributed by atoms with van der Waals surface area (Å²) >= 11 is 5.70. The standard InChI is InChI=1S/C22H14ClFN2O2/c23-20-13-17(9-10-21(20)24)26-22(27)16(14-25)11-15-5-4-8-19(12-15)28-18-6-2-1-3-7-18/h1-13H,(H,26,27)/b16-11+. The van der Waals surface area contributed by atoms with E-state index in [0.29, 0.717) is 22.7 Å². The lowest BCUT2D eigenvalue weighted by Crippen LogP contribution is -2.13. The highest BCUT2D eigenvalue weighted by atomic mass is 35.5. The molecule has 0 fully saturated rings. The van der Waals surface area contributed by atoms with Gasteiger partial charge < -0.3 is 10.1 Å². The fourth-order valence-corrected chi connectivity index (χ4v) is 2.56. The topological polar surface area (TPSA) is 62.1 Å². The number of nitriles is 1. The maximum absolute atomic E-state index is 13.2. The molecular weight excluding hydrogens is 379 g/mol. The van der Waals surface area contributed by atoms with E-state index in [0.717, 1.165) is 6.07 Å². The number of para-hydroxylation sites is 1. The van der Waals surface area contributed by atoms with Crippen molar-refractivity contribution in [1.82, 2.24) is 0 Å². The molecule has 0 heterocycles. The number of hydrogen-bond donors (Lipinski definition) is 1. The van der Waals surface area contributed by atoms with Crippen LogP contribution in [-0.2, 0) is 4.79 Å². The summed E-state index contributed by atoms with van der Waals surface area (Å²) in [5.41, 5.74) is 0.799. The van der Waals surface area contributed by atoms with Crippen LogP contribution in [0.1, 0.15) is 5.56 Å². The Labute approximate surface area is 166 Å². The molecule has 3 rings (SSSR count). The molecule has 0 unspecified atom stereocenters. The van der Waals surface area contributed by atoms with Crippen LogP contribution in [0, 0.1) is 17.1 Å². The quantitative estimate of drug-likeness (QED) is 0.439. The third-order valence-corrected chi connectivity index (χ3v) is 3.98. The van der Waals surface area contributed by atoms with E-state index in [9.17, 15) is 14.4 Å². The van der Waals surface area contributed by atoms with Crippen molar-refractivity contribution in [3.63, 3.8) is 0 Å². The molecule has 4 nitrogen and oxygen atoms in total. The summed E-state index contributed by atoms with van der Waals surface area (Å²) in [4.78, 5) is 12.4. The smallest absolute Gasteiger partial charge is 0.266 e. The van der Waals surface area contributed by atoms with Crippen molar-refractivity contribution in [3.05, 3.63) is 94.8 Å². The minimum absolute atomic E-state index is 0.114. The van der Waals surface area contributed by atoms with Crippen LogP contribution < -0.4 is 10.1 Å². The molecule has 6 heteroatoms. The number of carbonyl (C=O) groups excluding carboxylic acids is 1. The number of halogens is 2. The molecular formula is C22H14ClFN2O2. The van der Waals surface area contributed by atoms with Gasteiger partial charge in [0.05, 0.1) is 5.02 Å². The maximum atomic E-state index is 13.2. The Kier molecular flexibility index (Phi) is 6.05. The van der Waals surface area contributed by atoms with Gasteiger partial charge in [-0.15, -0.1) is 0 Å². The van der Waals surface area contributed by atoms with Gasteiger partial charge in [0.15, 0.2) is 0 Å². The van der Waals surface area contributed by atoms with Gasteiger partial charge in [0.1, 0.15) is 29.0 Å². The van der Waals surface area contributed by atoms with Crippen molar-refractivity contribution in [3.8, 4) is 17.6 Å². The number of nitrogens with one attached hydrogen (secondary N) is 1. The number of hydrogen-bond acceptors (Lipinski definition) is 3. The largest absolute Gasteiger partial charge is 0.457 e. The van der Waals surface area contributed by atoms with Crippen molar-refractivity contribution in [2.45, 2.75) is 0 Å². The van der Waals surface area contributed by atoms with Gasteiger partial charge in [0.2, 0.25) is 0 Å². The number of rotatable bonds is 5. The molecule has 0 aliphatic rings. The zero-order chi connectivity index (χ0) is 19.9. The fraction of sp³-hybridized carbons (Fsp3) is 0. The van der Waals surface area contributed by atoms with Gasteiger partial charge in [0, 0.05) is 5.69 Å². The number of carbonyl (C=O) groups is 1. The van der Waals surface area contributed by atoms with Crippen molar-refractivity contribution >= 4 is 29.3 Å². The van der Waals surface area contributed by atoms with Gasteiger partial charge in [-0.05, 0) is 54.1 Å². The van der Waals surface area contributed by atoms with Crippen LogP contribution in [-0.4, -0.2) is 5.91 Å². The highest BCUT2D eigenvalue weighted by molar-refractivity contribution is 6.31. The van der Waals surface area contributed by atoms with E-state index in [1.807, 2.05) is 36.4 Å². The highest BCUT2D eigenvalue weighted by Crippen LogP contribution is 2.23. The maximum Gasteiger partial charge on any atom is 0.266 e. The first-order valence-corrected chi connectivity index (χ1v) is 8.64. The van der Waals surface area contributed by atoms with Gasteiger partial charge >= 0.3 is 0 Å². The lowest BCUT2D eigenvalue weighted by Gasteiger charge is -2.07. The SMILES string of the molecule is N#C/C(=C\c1cccc(Oc2ccccc2)c1)C(=O)Nc1ccc(F)c(Cl)c1. The van der Waals surface area contributed by atoms with Crippen LogP contribution >= 0.6 is 11.6 Å². The second-order valence-electron chi connectivity index (χ2n) is 5.74. The molecule has 0 saturated carbocycles. The van der Waals surface area contributed by atoms with Gasteiger partial charge in [-0.2, -0.15) is 5.26 Å². The second-order valence-corrected chi connectivity index (χ2v) is 6.15. The zero-order valence-corrected chi connectivity index (χ0v) is 15.3. The Morgan fingerprint density at radius 1 is 1.04 bits per heavy atom. The summed E-state index contributed by atoms with van der Waals surface area (Å²) < 4.78 is 19.0. The minimum Gasteiger partial charge on any atom is -0.457 e. The van der Waals surface area contributed by atoms with Gasteiger partial charge in [0.25, 0.3) is 5.91 Å². The fourth-order valence-electron chi connectivity index (χ4n) is 2.38. The highest BCUT2D eigenvalue weighted by Gasteiger charge is 2.11. The average molecular weight is 393 g/mol. The molecule has 0 atom stereocenters. The molecule has 3 aromatic rings. The molecule has 1 N–H and O–H groups in total. The molecule has 0 bridgehead atoms. The Bertz CT molecular complexity index is 1080. The van der Waals surface area contributed by atoms with E-state index < -0.39 is 11.7 Å². The molecule has 0 aliphatic carbocycles. The molecule has 3 aromatic carbocycles. The Balaban J connectivity index is 1.78. The third kappa shape index (κ3) is 4.97. The van der Waals surface area contributed by atoms with Gasteiger partial charge in [-0.25, -0.2) is 4.39 Å². The summed E-state index contributed by atoms with van der Waals surface area (Å²) in [5, 5.41) is 11.7. The second kappa shape index (κ2) is 8.85. The number of nitrogens with zero attached hydrogens (tertiary/aromatic N) is 1. The van der Waals surface area contributed by atoms with Crippen molar-refractivity contribution < 1.29 is 13.9 Å². The van der Waals surface area contributed by atoms with Crippen molar-refractivity contribution in [2.24, 2.45) is 0 Å². The minimum atomic E-state index is -0.625.